The summed E-state index contributed by atoms with van der Waals surface area (Å²) in [5, 5.41) is 8.71. The zero-order chi connectivity index (χ0) is 24.1. The Labute approximate surface area is 198 Å². The Bertz CT molecular complexity index is 1200. The van der Waals surface area contributed by atoms with Crippen molar-refractivity contribution in [1.29, 1.82) is 0 Å². The lowest BCUT2D eigenvalue weighted by Gasteiger charge is -2.32. The van der Waals surface area contributed by atoms with Crippen molar-refractivity contribution >= 4 is 49.3 Å². The number of nitrogens with one attached hydrogen (secondary N) is 2. The minimum atomic E-state index is -4.75. The van der Waals surface area contributed by atoms with Crippen molar-refractivity contribution in [1.82, 2.24) is 9.78 Å². The molecule has 176 valence electrons. The van der Waals surface area contributed by atoms with Crippen molar-refractivity contribution in [3.05, 3.63) is 62.6 Å². The molecule has 0 bridgehead atoms. The summed E-state index contributed by atoms with van der Waals surface area (Å²) in [5.41, 5.74) is -2.16. The van der Waals surface area contributed by atoms with Crippen LogP contribution in [0, 0.1) is 0 Å². The monoisotopic (exact) mass is 600 g/mol. The van der Waals surface area contributed by atoms with Crippen LogP contribution in [0.1, 0.15) is 40.3 Å². The normalized spacial score (nSPS) is 18.5. The first-order valence-electron chi connectivity index (χ1n) is 9.20. The van der Waals surface area contributed by atoms with Gasteiger partial charge in [0, 0.05) is 6.42 Å². The molecule has 0 saturated heterocycles. The smallest absolute Gasteiger partial charge is 0.418 e. The molecule has 0 saturated carbocycles. The van der Waals surface area contributed by atoms with E-state index >= 15 is 0 Å². The average Bonchev–Trinajstić information content (AvgIpc) is 3.30. The van der Waals surface area contributed by atoms with E-state index in [2.05, 4.69) is 47.6 Å². The van der Waals surface area contributed by atoms with E-state index in [1.807, 2.05) is 0 Å². The SMILES string of the molecule is O=C(Nc1ccccc1C(F)(F)F)c1nn2c(c1Br)N[C@@H](c1ccc(Br)o1)C[C@H]2C(F)(F)F. The summed E-state index contributed by atoms with van der Waals surface area (Å²) in [6.07, 6.45) is -9.95. The molecule has 2 aromatic heterocycles. The zero-order valence-corrected chi connectivity index (χ0v) is 19.2. The summed E-state index contributed by atoms with van der Waals surface area (Å²) in [5.74, 6) is -1.04. The van der Waals surface area contributed by atoms with Gasteiger partial charge in [-0.05, 0) is 56.1 Å². The van der Waals surface area contributed by atoms with E-state index in [1.54, 1.807) is 0 Å². The Morgan fingerprint density at radius 2 is 1.82 bits per heavy atom. The number of amides is 1. The maximum atomic E-state index is 13.8. The first-order valence-corrected chi connectivity index (χ1v) is 10.8. The lowest BCUT2D eigenvalue weighted by Crippen LogP contribution is -2.35. The van der Waals surface area contributed by atoms with Crippen LogP contribution in [0.3, 0.4) is 0 Å². The Morgan fingerprint density at radius 3 is 2.42 bits per heavy atom. The fraction of sp³-hybridized carbons (Fsp3) is 0.263. The summed E-state index contributed by atoms with van der Waals surface area (Å²) in [4.78, 5) is 12.7. The van der Waals surface area contributed by atoms with E-state index in [9.17, 15) is 31.1 Å². The first-order chi connectivity index (χ1) is 15.4. The van der Waals surface area contributed by atoms with Crippen LogP contribution in [0.25, 0.3) is 0 Å². The Balaban J connectivity index is 1.71. The number of furan rings is 1. The van der Waals surface area contributed by atoms with Crippen molar-refractivity contribution in [2.75, 3.05) is 10.6 Å². The van der Waals surface area contributed by atoms with Crippen LogP contribution in [0.2, 0.25) is 0 Å². The molecule has 0 spiro atoms. The van der Waals surface area contributed by atoms with E-state index in [4.69, 9.17) is 4.42 Å². The van der Waals surface area contributed by atoms with Gasteiger partial charge in [-0.3, -0.25) is 4.79 Å². The van der Waals surface area contributed by atoms with Crippen LogP contribution in [-0.4, -0.2) is 21.9 Å². The zero-order valence-electron chi connectivity index (χ0n) is 16.1. The van der Waals surface area contributed by atoms with E-state index in [-0.39, 0.29) is 16.1 Å². The second-order valence-electron chi connectivity index (χ2n) is 7.09. The molecule has 0 fully saturated rings. The summed E-state index contributed by atoms with van der Waals surface area (Å²) in [7, 11) is 0. The van der Waals surface area contributed by atoms with Gasteiger partial charge >= 0.3 is 12.4 Å². The molecule has 1 aromatic carbocycles. The minimum Gasteiger partial charge on any atom is -0.452 e. The average molecular weight is 602 g/mol. The molecule has 0 aliphatic carbocycles. The van der Waals surface area contributed by atoms with Crippen molar-refractivity contribution < 1.29 is 35.6 Å². The highest BCUT2D eigenvalue weighted by molar-refractivity contribution is 9.10. The molecule has 0 unspecified atom stereocenters. The predicted molar refractivity (Wildman–Crippen MR) is 112 cm³/mol. The maximum Gasteiger partial charge on any atom is 0.418 e. The van der Waals surface area contributed by atoms with Crippen LogP contribution < -0.4 is 10.6 Å². The molecule has 2 N–H and O–H groups in total. The van der Waals surface area contributed by atoms with Gasteiger partial charge in [0.15, 0.2) is 16.4 Å². The van der Waals surface area contributed by atoms with Gasteiger partial charge < -0.3 is 15.1 Å². The van der Waals surface area contributed by atoms with Gasteiger partial charge in [0.2, 0.25) is 0 Å². The quantitative estimate of drug-likeness (QED) is 0.319. The van der Waals surface area contributed by atoms with Crippen molar-refractivity contribution in [2.24, 2.45) is 0 Å². The Morgan fingerprint density at radius 1 is 1.12 bits per heavy atom. The van der Waals surface area contributed by atoms with Gasteiger partial charge in [0.05, 0.1) is 21.8 Å². The second-order valence-corrected chi connectivity index (χ2v) is 8.66. The Hall–Kier alpha value is -2.48. The van der Waals surface area contributed by atoms with Gasteiger partial charge in [-0.2, -0.15) is 31.4 Å². The molecule has 14 heteroatoms. The highest BCUT2D eigenvalue weighted by atomic mass is 79.9. The van der Waals surface area contributed by atoms with Crippen molar-refractivity contribution in [3.8, 4) is 0 Å². The number of rotatable bonds is 3. The summed E-state index contributed by atoms with van der Waals surface area (Å²) in [6.45, 7) is 0. The van der Waals surface area contributed by atoms with E-state index < -0.39 is 53.7 Å². The van der Waals surface area contributed by atoms with Gasteiger partial charge in [-0.15, -0.1) is 0 Å². The number of carbonyl (C=O) groups excluding carboxylic acids is 1. The molecule has 4 rings (SSSR count). The summed E-state index contributed by atoms with van der Waals surface area (Å²) < 4.78 is 87.3. The fourth-order valence-corrected chi connectivity index (χ4v) is 4.33. The fourth-order valence-electron chi connectivity index (χ4n) is 3.46. The molecular weight excluding hydrogens is 590 g/mol. The summed E-state index contributed by atoms with van der Waals surface area (Å²) in [6, 6.07) is 4.25. The van der Waals surface area contributed by atoms with Gasteiger partial charge in [-0.25, -0.2) is 4.68 Å². The number of halogens is 8. The van der Waals surface area contributed by atoms with Crippen molar-refractivity contribution in [2.45, 2.75) is 30.9 Å². The van der Waals surface area contributed by atoms with E-state index in [0.717, 1.165) is 18.2 Å². The van der Waals surface area contributed by atoms with Gasteiger partial charge in [-0.1, -0.05) is 12.1 Å². The predicted octanol–water partition coefficient (Wildman–Crippen LogP) is 6.93. The minimum absolute atomic E-state index is 0.130. The third-order valence-corrected chi connectivity index (χ3v) is 6.11. The number of anilines is 2. The lowest BCUT2D eigenvalue weighted by atomic mass is 10.0. The molecule has 1 amide bonds. The number of alkyl halides is 6. The number of fused-ring (bicyclic) bond motifs is 1. The molecule has 2 atom stereocenters. The van der Waals surface area contributed by atoms with Crippen LogP contribution in [-0.2, 0) is 6.18 Å². The highest BCUT2D eigenvalue weighted by Crippen LogP contribution is 2.47. The molecule has 33 heavy (non-hydrogen) atoms. The Kier molecular flexibility index (Phi) is 6.01. The number of carbonyl (C=O) groups is 1. The highest BCUT2D eigenvalue weighted by Gasteiger charge is 2.48. The van der Waals surface area contributed by atoms with E-state index in [1.165, 1.54) is 18.2 Å². The van der Waals surface area contributed by atoms with E-state index in [0.29, 0.717) is 9.35 Å². The molecule has 6 nitrogen and oxygen atoms in total. The lowest BCUT2D eigenvalue weighted by molar-refractivity contribution is -0.174. The number of nitrogens with zero attached hydrogens (tertiary/aromatic N) is 2. The number of aromatic nitrogens is 2. The molecular formula is C19H12Br2F6N4O2. The van der Waals surface area contributed by atoms with Gasteiger partial charge in [0.25, 0.3) is 5.91 Å². The third kappa shape index (κ3) is 4.63. The molecule has 3 heterocycles. The number of benzene rings is 1. The standard InChI is InChI=1S/C19H12Br2F6N4O2/c20-13-6-5-11(33-13)10-7-12(19(25,26)27)31-16(28-10)14(21)15(30-31)17(32)29-9-4-2-1-3-8(9)18(22,23)24/h1-6,10,12,28H,7H2,(H,29,32)/t10-,12+/m1/s1. The van der Waals surface area contributed by atoms with Crippen LogP contribution >= 0.6 is 31.9 Å². The number of hydrogen-bond donors (Lipinski definition) is 2. The second kappa shape index (κ2) is 8.38. The number of hydrogen-bond acceptors (Lipinski definition) is 4. The third-order valence-electron chi connectivity index (χ3n) is 4.93. The van der Waals surface area contributed by atoms with Gasteiger partial charge in [0.1, 0.15) is 11.6 Å². The molecule has 3 aromatic rings. The first kappa shape index (κ1) is 23.7. The van der Waals surface area contributed by atoms with Crippen LogP contribution in [0.5, 0.6) is 0 Å². The van der Waals surface area contributed by atoms with Crippen LogP contribution in [0.4, 0.5) is 37.8 Å². The van der Waals surface area contributed by atoms with Crippen molar-refractivity contribution in [3.63, 3.8) is 0 Å². The largest absolute Gasteiger partial charge is 0.452 e. The number of para-hydroxylation sites is 1. The molecule has 1 aliphatic heterocycles. The topological polar surface area (TPSA) is 72.1 Å². The summed E-state index contributed by atoms with van der Waals surface area (Å²) >= 11 is 6.17. The van der Waals surface area contributed by atoms with Crippen LogP contribution in [0.15, 0.2) is 50.0 Å². The molecule has 1 aliphatic rings. The maximum absolute atomic E-state index is 13.8. The molecule has 0 radical (unpaired) electrons.